The van der Waals surface area contributed by atoms with Crippen molar-refractivity contribution in [3.8, 4) is 17.2 Å². The fourth-order valence-electron chi connectivity index (χ4n) is 1.68. The molecular formula is C14H10BrN3O2S. The Kier molecular flexibility index (Phi) is 4.21. The second kappa shape index (κ2) is 6.28. The highest BCUT2D eigenvalue weighted by molar-refractivity contribution is 9.10. The van der Waals surface area contributed by atoms with Crippen molar-refractivity contribution in [1.29, 1.82) is 0 Å². The Morgan fingerprint density at radius 1 is 1.24 bits per heavy atom. The number of thioether (sulfide) groups is 1. The van der Waals surface area contributed by atoms with Gasteiger partial charge in [-0.1, -0.05) is 17.3 Å². The molecule has 0 aliphatic heterocycles. The van der Waals surface area contributed by atoms with Crippen LogP contribution in [0.25, 0.3) is 11.5 Å². The van der Waals surface area contributed by atoms with Crippen LogP contribution in [-0.2, 0) is 5.75 Å². The molecule has 3 aromatic rings. The number of rotatable bonds is 4. The smallest absolute Gasteiger partial charge is 0.259 e. The molecule has 0 fully saturated rings. The standard InChI is InChI=1S/C14H10BrN3O2S/c15-11-3-1-2-4-12(11)21-8-13-17-14(20-18-13)9-5-10(19)7-16-6-9/h1-7,19H,8H2. The Bertz CT molecular complexity index is 763. The first-order chi connectivity index (χ1) is 10.2. The van der Waals surface area contributed by atoms with E-state index < -0.39 is 0 Å². The maximum atomic E-state index is 9.40. The molecule has 0 aliphatic rings. The van der Waals surface area contributed by atoms with Gasteiger partial charge in [0.05, 0.1) is 17.5 Å². The van der Waals surface area contributed by atoms with Gasteiger partial charge >= 0.3 is 0 Å². The topological polar surface area (TPSA) is 72.0 Å². The summed E-state index contributed by atoms with van der Waals surface area (Å²) in [7, 11) is 0. The van der Waals surface area contributed by atoms with Crippen molar-refractivity contribution in [3.05, 3.63) is 53.0 Å². The van der Waals surface area contributed by atoms with E-state index in [2.05, 4.69) is 31.1 Å². The lowest BCUT2D eigenvalue weighted by molar-refractivity contribution is 0.424. The highest BCUT2D eigenvalue weighted by atomic mass is 79.9. The third kappa shape index (κ3) is 3.43. The summed E-state index contributed by atoms with van der Waals surface area (Å²) in [5, 5.41) is 13.3. The van der Waals surface area contributed by atoms with Gasteiger partial charge in [-0.15, -0.1) is 11.8 Å². The van der Waals surface area contributed by atoms with Gasteiger partial charge in [0.2, 0.25) is 0 Å². The molecule has 7 heteroatoms. The van der Waals surface area contributed by atoms with Gasteiger partial charge in [0.25, 0.3) is 5.89 Å². The van der Waals surface area contributed by atoms with E-state index in [4.69, 9.17) is 4.52 Å². The minimum Gasteiger partial charge on any atom is -0.506 e. The number of halogens is 1. The molecule has 0 radical (unpaired) electrons. The first kappa shape index (κ1) is 14.1. The zero-order valence-corrected chi connectivity index (χ0v) is 13.1. The molecule has 0 atom stereocenters. The maximum absolute atomic E-state index is 9.40. The van der Waals surface area contributed by atoms with Crippen molar-refractivity contribution in [2.45, 2.75) is 10.6 Å². The Morgan fingerprint density at radius 3 is 2.90 bits per heavy atom. The van der Waals surface area contributed by atoms with Gasteiger partial charge < -0.3 is 9.63 Å². The van der Waals surface area contributed by atoms with Crippen LogP contribution >= 0.6 is 27.7 Å². The quantitative estimate of drug-likeness (QED) is 0.708. The van der Waals surface area contributed by atoms with Gasteiger partial charge in [0.15, 0.2) is 5.82 Å². The molecule has 0 saturated carbocycles. The van der Waals surface area contributed by atoms with E-state index >= 15 is 0 Å². The van der Waals surface area contributed by atoms with Gasteiger partial charge in [0, 0.05) is 15.6 Å². The summed E-state index contributed by atoms with van der Waals surface area (Å²) in [5.74, 6) is 1.60. The predicted molar refractivity (Wildman–Crippen MR) is 82.9 cm³/mol. The van der Waals surface area contributed by atoms with Crippen molar-refractivity contribution in [1.82, 2.24) is 15.1 Å². The molecule has 1 N–H and O–H groups in total. The summed E-state index contributed by atoms with van der Waals surface area (Å²) in [6.07, 6.45) is 2.92. The van der Waals surface area contributed by atoms with Crippen LogP contribution in [0.4, 0.5) is 0 Å². The summed E-state index contributed by atoms with van der Waals surface area (Å²) in [6.45, 7) is 0. The third-order valence-corrected chi connectivity index (χ3v) is 4.66. The van der Waals surface area contributed by atoms with E-state index in [1.54, 1.807) is 18.0 Å². The van der Waals surface area contributed by atoms with Crippen molar-refractivity contribution in [3.63, 3.8) is 0 Å². The van der Waals surface area contributed by atoms with Crippen LogP contribution in [0.3, 0.4) is 0 Å². The predicted octanol–water partition coefficient (Wildman–Crippen LogP) is 3.89. The Balaban J connectivity index is 1.72. The van der Waals surface area contributed by atoms with Crippen LogP contribution in [-0.4, -0.2) is 20.2 Å². The van der Waals surface area contributed by atoms with E-state index in [-0.39, 0.29) is 5.75 Å². The lowest BCUT2D eigenvalue weighted by Crippen LogP contribution is -1.85. The van der Waals surface area contributed by atoms with Gasteiger partial charge in [-0.25, -0.2) is 0 Å². The molecule has 0 bridgehead atoms. The molecule has 1 aromatic carbocycles. The fourth-order valence-corrected chi connectivity index (χ4v) is 3.09. The number of benzene rings is 1. The zero-order valence-electron chi connectivity index (χ0n) is 10.7. The van der Waals surface area contributed by atoms with Crippen LogP contribution in [0.1, 0.15) is 5.82 Å². The lowest BCUT2D eigenvalue weighted by atomic mass is 10.3. The number of aromatic nitrogens is 3. The Morgan fingerprint density at radius 2 is 2.10 bits per heavy atom. The van der Waals surface area contributed by atoms with Crippen molar-refractivity contribution >= 4 is 27.7 Å². The lowest BCUT2D eigenvalue weighted by Gasteiger charge is -2.00. The van der Waals surface area contributed by atoms with E-state index in [1.807, 2.05) is 24.3 Å². The summed E-state index contributed by atoms with van der Waals surface area (Å²) >= 11 is 5.11. The number of nitrogens with zero attached hydrogens (tertiary/aromatic N) is 3. The minimum atomic E-state index is 0.0647. The second-order valence-corrected chi connectivity index (χ2v) is 6.04. The Hall–Kier alpha value is -1.86. The summed E-state index contributed by atoms with van der Waals surface area (Å²) in [4.78, 5) is 9.30. The molecule has 0 amide bonds. The van der Waals surface area contributed by atoms with Gasteiger partial charge in [-0.3, -0.25) is 4.98 Å². The highest BCUT2D eigenvalue weighted by Crippen LogP contribution is 2.29. The van der Waals surface area contributed by atoms with Crippen LogP contribution < -0.4 is 0 Å². The van der Waals surface area contributed by atoms with E-state index in [9.17, 15) is 5.11 Å². The average molecular weight is 364 g/mol. The Labute approximate surface area is 133 Å². The molecule has 21 heavy (non-hydrogen) atoms. The van der Waals surface area contributed by atoms with Crippen molar-refractivity contribution in [2.24, 2.45) is 0 Å². The highest BCUT2D eigenvalue weighted by Gasteiger charge is 2.10. The van der Waals surface area contributed by atoms with Crippen molar-refractivity contribution in [2.75, 3.05) is 0 Å². The van der Waals surface area contributed by atoms with Crippen LogP contribution in [0.15, 0.2) is 56.6 Å². The van der Waals surface area contributed by atoms with Crippen LogP contribution in [0.5, 0.6) is 5.75 Å². The summed E-state index contributed by atoms with van der Waals surface area (Å²) in [6, 6.07) is 9.49. The number of hydrogen-bond acceptors (Lipinski definition) is 6. The van der Waals surface area contributed by atoms with E-state index in [0.717, 1.165) is 9.37 Å². The molecule has 0 saturated heterocycles. The number of aromatic hydroxyl groups is 1. The molecule has 106 valence electrons. The normalized spacial score (nSPS) is 10.7. The monoisotopic (exact) mass is 363 g/mol. The van der Waals surface area contributed by atoms with E-state index in [0.29, 0.717) is 23.0 Å². The number of pyridine rings is 1. The fraction of sp³-hybridized carbons (Fsp3) is 0.0714. The first-order valence-electron chi connectivity index (χ1n) is 6.06. The largest absolute Gasteiger partial charge is 0.506 e. The molecule has 3 rings (SSSR count). The molecule has 2 aromatic heterocycles. The molecule has 2 heterocycles. The zero-order chi connectivity index (χ0) is 14.7. The SMILES string of the molecule is Oc1cncc(-c2nc(CSc3ccccc3Br)no2)c1. The summed E-state index contributed by atoms with van der Waals surface area (Å²) < 4.78 is 6.22. The van der Waals surface area contributed by atoms with Gasteiger partial charge in [0.1, 0.15) is 5.75 Å². The first-order valence-corrected chi connectivity index (χ1v) is 7.84. The van der Waals surface area contributed by atoms with E-state index in [1.165, 1.54) is 12.3 Å². The minimum absolute atomic E-state index is 0.0647. The second-order valence-electron chi connectivity index (χ2n) is 4.17. The molecule has 0 unspecified atom stereocenters. The molecule has 0 spiro atoms. The average Bonchev–Trinajstić information content (AvgIpc) is 2.95. The van der Waals surface area contributed by atoms with Crippen LogP contribution in [0.2, 0.25) is 0 Å². The van der Waals surface area contributed by atoms with Crippen LogP contribution in [0, 0.1) is 0 Å². The molecular weight excluding hydrogens is 354 g/mol. The van der Waals surface area contributed by atoms with Gasteiger partial charge in [-0.05, 0) is 34.1 Å². The van der Waals surface area contributed by atoms with Gasteiger partial charge in [-0.2, -0.15) is 4.98 Å². The summed E-state index contributed by atoms with van der Waals surface area (Å²) in [5.41, 5.74) is 0.597. The van der Waals surface area contributed by atoms with Crippen molar-refractivity contribution < 1.29 is 9.63 Å². The molecule has 0 aliphatic carbocycles. The number of hydrogen-bond donors (Lipinski definition) is 1. The maximum Gasteiger partial charge on any atom is 0.259 e. The third-order valence-electron chi connectivity index (χ3n) is 2.63. The molecule has 5 nitrogen and oxygen atoms in total.